The van der Waals surface area contributed by atoms with Gasteiger partial charge in [-0.3, -0.25) is 4.98 Å². The van der Waals surface area contributed by atoms with Crippen molar-refractivity contribution in [2.24, 2.45) is 0 Å². The lowest BCUT2D eigenvalue weighted by Gasteiger charge is -2.12. The Hall–Kier alpha value is -1.15. The second-order valence-electron chi connectivity index (χ2n) is 3.50. The zero-order chi connectivity index (χ0) is 10.2. The molecular formula is C12H18N2. The zero-order valence-electron chi connectivity index (χ0n) is 8.74. The Morgan fingerprint density at radius 1 is 1.50 bits per heavy atom. The van der Waals surface area contributed by atoms with Gasteiger partial charge < -0.3 is 5.32 Å². The van der Waals surface area contributed by atoms with Gasteiger partial charge in [0.25, 0.3) is 0 Å². The molecule has 1 rings (SSSR count). The molecule has 0 saturated carbocycles. The van der Waals surface area contributed by atoms with Gasteiger partial charge in [-0.05, 0) is 37.5 Å². The summed E-state index contributed by atoms with van der Waals surface area (Å²) in [5.74, 6) is 0. The van der Waals surface area contributed by atoms with Gasteiger partial charge in [0.1, 0.15) is 0 Å². The standard InChI is InChI=1S/C12H18N2/c1-3-4-5-11(2)14-10-12-6-8-13-9-7-12/h3,6-9,11,14H,1,4-5,10H2,2H3. The maximum absolute atomic E-state index is 3.98. The van der Waals surface area contributed by atoms with Gasteiger partial charge in [-0.15, -0.1) is 6.58 Å². The molecule has 0 aliphatic carbocycles. The first-order chi connectivity index (χ1) is 6.83. The minimum atomic E-state index is 0.543. The summed E-state index contributed by atoms with van der Waals surface area (Å²) in [5.41, 5.74) is 1.28. The van der Waals surface area contributed by atoms with Crippen LogP contribution in [-0.4, -0.2) is 11.0 Å². The monoisotopic (exact) mass is 190 g/mol. The number of hydrogen-bond donors (Lipinski definition) is 1. The van der Waals surface area contributed by atoms with Crippen molar-refractivity contribution in [3.8, 4) is 0 Å². The lowest BCUT2D eigenvalue weighted by molar-refractivity contribution is 0.518. The number of hydrogen-bond acceptors (Lipinski definition) is 2. The number of nitrogens with one attached hydrogen (secondary N) is 1. The molecule has 1 N–H and O–H groups in total. The molecule has 0 amide bonds. The highest BCUT2D eigenvalue weighted by molar-refractivity contribution is 5.09. The average molecular weight is 190 g/mol. The van der Waals surface area contributed by atoms with Gasteiger partial charge in [-0.2, -0.15) is 0 Å². The molecule has 2 heteroatoms. The van der Waals surface area contributed by atoms with Crippen LogP contribution in [0.4, 0.5) is 0 Å². The lowest BCUT2D eigenvalue weighted by Crippen LogP contribution is -2.25. The molecule has 14 heavy (non-hydrogen) atoms. The second kappa shape index (κ2) is 6.33. The number of rotatable bonds is 6. The van der Waals surface area contributed by atoms with E-state index in [2.05, 4.69) is 23.8 Å². The highest BCUT2D eigenvalue weighted by atomic mass is 14.9. The van der Waals surface area contributed by atoms with Gasteiger partial charge in [0.15, 0.2) is 0 Å². The van der Waals surface area contributed by atoms with Crippen LogP contribution in [0.1, 0.15) is 25.3 Å². The number of aromatic nitrogens is 1. The Balaban J connectivity index is 2.23. The minimum absolute atomic E-state index is 0.543. The molecule has 1 heterocycles. The summed E-state index contributed by atoms with van der Waals surface area (Å²) >= 11 is 0. The average Bonchev–Trinajstić information content (AvgIpc) is 2.25. The van der Waals surface area contributed by atoms with Crippen LogP contribution in [0, 0.1) is 0 Å². The first kappa shape index (κ1) is 10.9. The van der Waals surface area contributed by atoms with Crippen LogP contribution in [0.15, 0.2) is 37.2 Å². The molecule has 0 spiro atoms. The summed E-state index contributed by atoms with van der Waals surface area (Å²) in [6.45, 7) is 6.83. The topological polar surface area (TPSA) is 24.9 Å². The minimum Gasteiger partial charge on any atom is -0.310 e. The fourth-order valence-corrected chi connectivity index (χ4v) is 1.26. The van der Waals surface area contributed by atoms with Gasteiger partial charge in [-0.1, -0.05) is 6.08 Å². The SMILES string of the molecule is C=CCCC(C)NCc1ccncc1. The van der Waals surface area contributed by atoms with E-state index in [1.165, 1.54) is 5.56 Å². The van der Waals surface area contributed by atoms with E-state index in [1.54, 1.807) is 0 Å². The molecule has 0 aliphatic heterocycles. The van der Waals surface area contributed by atoms with Gasteiger partial charge in [0.2, 0.25) is 0 Å². The van der Waals surface area contributed by atoms with E-state index < -0.39 is 0 Å². The molecule has 2 nitrogen and oxygen atoms in total. The Morgan fingerprint density at radius 2 is 2.21 bits per heavy atom. The third-order valence-corrected chi connectivity index (χ3v) is 2.21. The van der Waals surface area contributed by atoms with Crippen LogP contribution in [-0.2, 0) is 6.54 Å². The van der Waals surface area contributed by atoms with Crippen molar-refractivity contribution in [1.82, 2.24) is 10.3 Å². The first-order valence-electron chi connectivity index (χ1n) is 5.06. The van der Waals surface area contributed by atoms with E-state index in [1.807, 2.05) is 30.6 Å². The molecule has 0 radical (unpaired) electrons. The lowest BCUT2D eigenvalue weighted by atomic mass is 10.1. The third-order valence-electron chi connectivity index (χ3n) is 2.21. The van der Waals surface area contributed by atoms with Crippen molar-refractivity contribution in [3.05, 3.63) is 42.7 Å². The summed E-state index contributed by atoms with van der Waals surface area (Å²) in [4.78, 5) is 3.98. The van der Waals surface area contributed by atoms with Crippen molar-refractivity contribution >= 4 is 0 Å². The summed E-state index contributed by atoms with van der Waals surface area (Å²) in [5, 5.41) is 3.46. The molecule has 0 aromatic carbocycles. The van der Waals surface area contributed by atoms with Gasteiger partial charge in [0.05, 0.1) is 0 Å². The Bertz CT molecular complexity index is 256. The van der Waals surface area contributed by atoms with E-state index in [0.29, 0.717) is 6.04 Å². The third kappa shape index (κ3) is 4.19. The maximum Gasteiger partial charge on any atom is 0.0271 e. The van der Waals surface area contributed by atoms with E-state index >= 15 is 0 Å². The molecule has 1 atom stereocenters. The van der Waals surface area contributed by atoms with Crippen molar-refractivity contribution < 1.29 is 0 Å². The molecule has 76 valence electrons. The predicted octanol–water partition coefficient (Wildman–Crippen LogP) is 2.53. The Morgan fingerprint density at radius 3 is 2.86 bits per heavy atom. The molecule has 1 unspecified atom stereocenters. The fraction of sp³-hybridized carbons (Fsp3) is 0.417. The van der Waals surface area contributed by atoms with Crippen LogP contribution < -0.4 is 5.32 Å². The van der Waals surface area contributed by atoms with Gasteiger partial charge >= 0.3 is 0 Å². The van der Waals surface area contributed by atoms with Gasteiger partial charge in [0, 0.05) is 25.0 Å². The summed E-state index contributed by atoms with van der Waals surface area (Å²) in [6, 6.07) is 4.61. The van der Waals surface area contributed by atoms with Crippen molar-refractivity contribution in [2.75, 3.05) is 0 Å². The molecular weight excluding hydrogens is 172 g/mol. The summed E-state index contributed by atoms with van der Waals surface area (Å²) < 4.78 is 0. The Kier molecular flexibility index (Phi) is 4.94. The van der Waals surface area contributed by atoms with Crippen molar-refractivity contribution in [3.63, 3.8) is 0 Å². The van der Waals surface area contributed by atoms with Crippen LogP contribution in [0.3, 0.4) is 0 Å². The smallest absolute Gasteiger partial charge is 0.0271 e. The highest BCUT2D eigenvalue weighted by Crippen LogP contribution is 2.00. The number of allylic oxidation sites excluding steroid dienone is 1. The van der Waals surface area contributed by atoms with Crippen LogP contribution in [0.5, 0.6) is 0 Å². The zero-order valence-corrected chi connectivity index (χ0v) is 8.74. The van der Waals surface area contributed by atoms with E-state index in [0.717, 1.165) is 19.4 Å². The first-order valence-corrected chi connectivity index (χ1v) is 5.06. The summed E-state index contributed by atoms with van der Waals surface area (Å²) in [7, 11) is 0. The number of pyridine rings is 1. The Labute approximate surface area is 86.1 Å². The quantitative estimate of drug-likeness (QED) is 0.697. The molecule has 0 saturated heterocycles. The second-order valence-corrected chi connectivity index (χ2v) is 3.50. The normalized spacial score (nSPS) is 12.4. The fourth-order valence-electron chi connectivity index (χ4n) is 1.26. The maximum atomic E-state index is 3.98. The largest absolute Gasteiger partial charge is 0.310 e. The van der Waals surface area contributed by atoms with E-state index in [4.69, 9.17) is 0 Å². The van der Waals surface area contributed by atoms with Crippen LogP contribution in [0.2, 0.25) is 0 Å². The molecule has 0 bridgehead atoms. The van der Waals surface area contributed by atoms with Crippen LogP contribution in [0.25, 0.3) is 0 Å². The predicted molar refractivity (Wildman–Crippen MR) is 60.0 cm³/mol. The molecule has 1 aromatic rings. The summed E-state index contributed by atoms with van der Waals surface area (Å²) in [6.07, 6.45) is 7.83. The molecule has 0 fully saturated rings. The van der Waals surface area contributed by atoms with Crippen molar-refractivity contribution in [2.45, 2.75) is 32.4 Å². The van der Waals surface area contributed by atoms with Crippen molar-refractivity contribution in [1.29, 1.82) is 0 Å². The van der Waals surface area contributed by atoms with E-state index in [9.17, 15) is 0 Å². The van der Waals surface area contributed by atoms with E-state index in [-0.39, 0.29) is 0 Å². The molecule has 0 aliphatic rings. The number of nitrogens with zero attached hydrogens (tertiary/aromatic N) is 1. The molecule has 1 aromatic heterocycles. The van der Waals surface area contributed by atoms with Gasteiger partial charge in [-0.25, -0.2) is 0 Å². The van der Waals surface area contributed by atoms with Crippen LogP contribution >= 0.6 is 0 Å². The highest BCUT2D eigenvalue weighted by Gasteiger charge is 1.99.